The average molecular weight is 81.1 g/mol. The Bertz CT molecular complexity index is 16.3. The van der Waals surface area contributed by atoms with E-state index in [-0.39, 0.29) is 18.9 Å². The van der Waals surface area contributed by atoms with Gasteiger partial charge in [0, 0.05) is 0 Å². The topological polar surface area (TPSA) is 52.0 Å². The molecular formula is C3H10LiN2. The van der Waals surface area contributed by atoms with Crippen molar-refractivity contribution in [3.8, 4) is 0 Å². The quantitative estimate of drug-likeness (QED) is 0.396. The summed E-state index contributed by atoms with van der Waals surface area (Å²) in [5.41, 5.74) is 10.0. The summed E-state index contributed by atoms with van der Waals surface area (Å²) in [5.74, 6) is 0. The predicted octanol–water partition coefficient (Wildman–Crippen LogP) is -1.54. The van der Waals surface area contributed by atoms with Gasteiger partial charge in [0.05, 0.1) is 0 Å². The second-order valence-corrected chi connectivity index (χ2v) is 0.760. The van der Waals surface area contributed by atoms with Gasteiger partial charge in [-0.1, -0.05) is 0 Å². The van der Waals surface area contributed by atoms with Gasteiger partial charge in [-0.05, 0) is 19.5 Å². The first-order valence-electron chi connectivity index (χ1n) is 1.63. The van der Waals surface area contributed by atoms with Crippen LogP contribution in [0.15, 0.2) is 0 Å². The van der Waals surface area contributed by atoms with E-state index in [0.717, 1.165) is 0 Å². The van der Waals surface area contributed by atoms with E-state index in [9.17, 15) is 0 Å². The van der Waals surface area contributed by atoms with Crippen molar-refractivity contribution in [2.45, 2.75) is 0 Å². The summed E-state index contributed by atoms with van der Waals surface area (Å²) in [7, 11) is 0. The molecule has 0 aliphatic heterocycles. The number of nitrogens with two attached hydrogens (primary N) is 2. The molecule has 6 heavy (non-hydrogen) atoms. The molecule has 1 radical (unpaired) electrons. The van der Waals surface area contributed by atoms with Crippen LogP contribution in [0, 0.1) is 6.42 Å². The third-order valence-corrected chi connectivity index (χ3v) is 0.333. The molecule has 0 amide bonds. The van der Waals surface area contributed by atoms with Crippen molar-refractivity contribution in [1.82, 2.24) is 0 Å². The van der Waals surface area contributed by atoms with Gasteiger partial charge in [0.25, 0.3) is 0 Å². The van der Waals surface area contributed by atoms with Crippen molar-refractivity contribution in [2.24, 2.45) is 11.5 Å². The fourth-order valence-electron chi connectivity index (χ4n) is 0.0962. The van der Waals surface area contributed by atoms with Crippen molar-refractivity contribution < 1.29 is 0 Å². The maximum atomic E-state index is 5.00. The van der Waals surface area contributed by atoms with Crippen LogP contribution in [0.4, 0.5) is 0 Å². The summed E-state index contributed by atoms with van der Waals surface area (Å²) in [5, 5.41) is 0. The molecule has 0 fully saturated rings. The zero-order valence-corrected chi connectivity index (χ0v) is 3.15. The molecule has 0 heterocycles. The van der Waals surface area contributed by atoms with Gasteiger partial charge in [-0.3, -0.25) is 0 Å². The van der Waals surface area contributed by atoms with Gasteiger partial charge in [0.2, 0.25) is 0 Å². The maximum absolute atomic E-state index is 5.00. The molecule has 0 atom stereocenters. The molecule has 0 spiro atoms. The van der Waals surface area contributed by atoms with Crippen molar-refractivity contribution >= 4 is 18.9 Å². The Morgan fingerprint density at radius 3 is 1.50 bits per heavy atom. The van der Waals surface area contributed by atoms with Gasteiger partial charge >= 0.3 is 18.9 Å². The first-order chi connectivity index (χ1) is 2.41. The number of hydrogen-bond acceptors (Lipinski definition) is 2. The second kappa shape index (κ2) is 9.10. The van der Waals surface area contributed by atoms with Crippen molar-refractivity contribution in [2.75, 3.05) is 13.1 Å². The molecule has 0 rings (SSSR count). The van der Waals surface area contributed by atoms with Crippen molar-refractivity contribution in [1.29, 1.82) is 0 Å². The third kappa shape index (κ3) is 8.82. The molecule has 0 unspecified atom stereocenters. The standard InChI is InChI=1S/C3H9N2.Li.H/c4-2-1-3-5;;/h1H,2-5H2;;. The molecule has 33 valence electrons. The van der Waals surface area contributed by atoms with Crippen molar-refractivity contribution in [3.63, 3.8) is 0 Å². The van der Waals surface area contributed by atoms with Crippen LogP contribution >= 0.6 is 0 Å². The third-order valence-electron chi connectivity index (χ3n) is 0.333. The first-order valence-corrected chi connectivity index (χ1v) is 1.63. The molecule has 4 N–H and O–H groups in total. The number of rotatable bonds is 2. The zero-order chi connectivity index (χ0) is 4.12. The fraction of sp³-hybridized carbons (Fsp3) is 0.667. The van der Waals surface area contributed by atoms with Crippen LogP contribution in [0.3, 0.4) is 0 Å². The molecule has 3 heteroatoms. The summed E-state index contributed by atoms with van der Waals surface area (Å²) in [6.45, 7) is 1.19. The Labute approximate surface area is 50.4 Å². The first kappa shape index (κ1) is 9.72. The Hall–Kier alpha value is 0.517. The van der Waals surface area contributed by atoms with Crippen LogP contribution in [0.1, 0.15) is 0 Å². The summed E-state index contributed by atoms with van der Waals surface area (Å²) < 4.78 is 0. The Balaban J connectivity index is 0. The fourth-order valence-corrected chi connectivity index (χ4v) is 0.0962. The van der Waals surface area contributed by atoms with Gasteiger partial charge in [-0.15, -0.1) is 0 Å². The predicted molar refractivity (Wildman–Crippen MR) is 29.6 cm³/mol. The summed E-state index contributed by atoms with van der Waals surface area (Å²) in [6, 6.07) is 0. The van der Waals surface area contributed by atoms with Gasteiger partial charge in [-0.2, -0.15) is 0 Å². The van der Waals surface area contributed by atoms with E-state index < -0.39 is 0 Å². The van der Waals surface area contributed by atoms with Crippen LogP contribution in [0.2, 0.25) is 0 Å². The van der Waals surface area contributed by atoms with E-state index in [1.165, 1.54) is 0 Å². The van der Waals surface area contributed by atoms with E-state index >= 15 is 0 Å². The summed E-state index contributed by atoms with van der Waals surface area (Å²) in [6.07, 6.45) is 1.81. The van der Waals surface area contributed by atoms with E-state index in [1.54, 1.807) is 6.42 Å². The molecule has 0 aliphatic carbocycles. The van der Waals surface area contributed by atoms with Gasteiger partial charge in [0.1, 0.15) is 0 Å². The molecule has 0 saturated heterocycles. The van der Waals surface area contributed by atoms with Crippen molar-refractivity contribution in [3.05, 3.63) is 6.42 Å². The van der Waals surface area contributed by atoms with Crippen LogP contribution < -0.4 is 11.5 Å². The minimum absolute atomic E-state index is 0. The molecule has 0 bridgehead atoms. The van der Waals surface area contributed by atoms with E-state index in [2.05, 4.69) is 0 Å². The van der Waals surface area contributed by atoms with Gasteiger partial charge < -0.3 is 11.5 Å². The molecule has 0 aromatic heterocycles. The minimum atomic E-state index is 0. The van der Waals surface area contributed by atoms with Crippen LogP contribution in [-0.4, -0.2) is 32.0 Å². The van der Waals surface area contributed by atoms with Crippen LogP contribution in [0.5, 0.6) is 0 Å². The van der Waals surface area contributed by atoms with Gasteiger partial charge in [0.15, 0.2) is 0 Å². The van der Waals surface area contributed by atoms with E-state index in [0.29, 0.717) is 13.1 Å². The van der Waals surface area contributed by atoms with Crippen LogP contribution in [0.25, 0.3) is 0 Å². The average Bonchev–Trinajstić information content (AvgIpc) is 1.41. The van der Waals surface area contributed by atoms with Crippen LogP contribution in [-0.2, 0) is 0 Å². The monoisotopic (exact) mass is 81.1 g/mol. The number of hydrogen-bond donors (Lipinski definition) is 2. The second-order valence-electron chi connectivity index (χ2n) is 0.760. The summed E-state index contributed by atoms with van der Waals surface area (Å²) in [4.78, 5) is 0. The van der Waals surface area contributed by atoms with E-state index in [1.807, 2.05) is 0 Å². The Kier molecular flexibility index (Phi) is 14.7. The molecule has 0 saturated carbocycles. The molecular weight excluding hydrogens is 71.0 g/mol. The molecule has 2 nitrogen and oxygen atoms in total. The zero-order valence-electron chi connectivity index (χ0n) is 3.15. The SMILES string of the molecule is NC[CH]CN.[LiH]. The Morgan fingerprint density at radius 1 is 1.17 bits per heavy atom. The van der Waals surface area contributed by atoms with E-state index in [4.69, 9.17) is 11.5 Å². The van der Waals surface area contributed by atoms with Gasteiger partial charge in [-0.25, -0.2) is 0 Å². The molecule has 0 aliphatic rings. The summed E-state index contributed by atoms with van der Waals surface area (Å²) >= 11 is 0. The normalized spacial score (nSPS) is 7.00. The Morgan fingerprint density at radius 2 is 1.50 bits per heavy atom. The molecule has 0 aromatic rings. The molecule has 0 aromatic carbocycles.